The number of allylic oxidation sites excluding steroid dienone is 1. The fraction of sp³-hybridized carbons (Fsp3) is 0. The molecule has 18 heavy (non-hydrogen) atoms. The molecule has 0 radical (unpaired) electrons. The minimum absolute atomic E-state index is 0.117. The van der Waals surface area contributed by atoms with E-state index >= 15 is 0 Å². The highest BCUT2D eigenvalue weighted by Gasteiger charge is 2.17. The molecule has 1 aliphatic rings. The zero-order chi connectivity index (χ0) is 12.1. The molecule has 0 aliphatic heterocycles. The molecule has 0 atom stereocenters. The van der Waals surface area contributed by atoms with Gasteiger partial charge in [0.1, 0.15) is 0 Å². The molecule has 0 fully saturated rings. The van der Waals surface area contributed by atoms with Crippen LogP contribution in [0.2, 0.25) is 0 Å². The summed E-state index contributed by atoms with van der Waals surface area (Å²) < 4.78 is 0. The molecule has 0 unspecified atom stereocenters. The van der Waals surface area contributed by atoms with E-state index in [1.807, 2.05) is 24.3 Å². The second-order valence-corrected chi connectivity index (χ2v) is 4.61. The van der Waals surface area contributed by atoms with Crippen LogP contribution in [0.25, 0.3) is 27.6 Å². The average molecular weight is 230 g/mol. The Morgan fingerprint density at radius 3 is 2.44 bits per heavy atom. The maximum Gasteiger partial charge on any atom is 0.187 e. The van der Waals surface area contributed by atoms with Gasteiger partial charge >= 0.3 is 0 Å². The van der Waals surface area contributed by atoms with E-state index in [0.29, 0.717) is 0 Å². The first-order valence-corrected chi connectivity index (χ1v) is 6.01. The van der Waals surface area contributed by atoms with Crippen molar-refractivity contribution in [2.75, 3.05) is 0 Å². The maximum atomic E-state index is 11.9. The van der Waals surface area contributed by atoms with Gasteiger partial charge in [-0.1, -0.05) is 54.6 Å². The van der Waals surface area contributed by atoms with Crippen LogP contribution in [-0.2, 0) is 0 Å². The molecular weight excluding hydrogens is 220 g/mol. The quantitative estimate of drug-likeness (QED) is 0.529. The van der Waals surface area contributed by atoms with Crippen LogP contribution >= 0.6 is 0 Å². The predicted octanol–water partition coefficient (Wildman–Crippen LogP) is 4.20. The monoisotopic (exact) mass is 230 g/mol. The third-order valence-electron chi connectivity index (χ3n) is 3.62. The Hall–Kier alpha value is -2.41. The summed E-state index contributed by atoms with van der Waals surface area (Å²) in [5, 5.41) is 4.63. The molecule has 0 aromatic heterocycles. The van der Waals surface area contributed by atoms with Gasteiger partial charge in [-0.25, -0.2) is 0 Å². The van der Waals surface area contributed by atoms with Gasteiger partial charge in [0.25, 0.3) is 0 Å². The third-order valence-corrected chi connectivity index (χ3v) is 3.62. The number of benzene rings is 3. The van der Waals surface area contributed by atoms with Crippen LogP contribution in [0.1, 0.15) is 15.9 Å². The Bertz CT molecular complexity index is 841. The average Bonchev–Trinajstić information content (AvgIpc) is 2.80. The Kier molecular flexibility index (Phi) is 1.76. The molecule has 1 aliphatic carbocycles. The number of carbonyl (C=O) groups excluding carboxylic acids is 1. The van der Waals surface area contributed by atoms with E-state index in [0.717, 1.165) is 21.9 Å². The van der Waals surface area contributed by atoms with Crippen molar-refractivity contribution in [3.05, 3.63) is 65.7 Å². The summed E-state index contributed by atoms with van der Waals surface area (Å²) in [5.41, 5.74) is 1.88. The Morgan fingerprint density at radius 1 is 0.667 bits per heavy atom. The molecule has 0 amide bonds. The number of ketones is 1. The van der Waals surface area contributed by atoms with Gasteiger partial charge in [-0.2, -0.15) is 0 Å². The SMILES string of the molecule is O=C1C=Cc2ccc3c(ccc4ccccc43)c21. The zero-order valence-corrected chi connectivity index (χ0v) is 9.68. The third kappa shape index (κ3) is 1.13. The van der Waals surface area contributed by atoms with Crippen molar-refractivity contribution >= 4 is 33.4 Å². The van der Waals surface area contributed by atoms with Crippen molar-refractivity contribution < 1.29 is 4.79 Å². The fourth-order valence-electron chi connectivity index (χ4n) is 2.77. The number of rotatable bonds is 0. The highest BCUT2D eigenvalue weighted by atomic mass is 16.1. The van der Waals surface area contributed by atoms with E-state index in [1.54, 1.807) is 6.08 Å². The lowest BCUT2D eigenvalue weighted by Crippen LogP contribution is -1.93. The van der Waals surface area contributed by atoms with Crippen LogP contribution in [0.4, 0.5) is 0 Å². The second-order valence-electron chi connectivity index (χ2n) is 4.61. The lowest BCUT2D eigenvalue weighted by molar-refractivity contribution is 0.105. The normalized spacial score (nSPS) is 13.4. The highest BCUT2D eigenvalue weighted by molar-refractivity contribution is 6.23. The van der Waals surface area contributed by atoms with Crippen molar-refractivity contribution in [1.29, 1.82) is 0 Å². The van der Waals surface area contributed by atoms with Crippen LogP contribution < -0.4 is 0 Å². The summed E-state index contributed by atoms with van der Waals surface area (Å²) >= 11 is 0. The van der Waals surface area contributed by atoms with Crippen molar-refractivity contribution in [2.45, 2.75) is 0 Å². The molecule has 0 N–H and O–H groups in total. The molecule has 0 bridgehead atoms. The number of fused-ring (bicyclic) bond motifs is 5. The fourth-order valence-corrected chi connectivity index (χ4v) is 2.77. The summed E-state index contributed by atoms with van der Waals surface area (Å²) in [7, 11) is 0. The van der Waals surface area contributed by atoms with Crippen LogP contribution in [-0.4, -0.2) is 5.78 Å². The van der Waals surface area contributed by atoms with Gasteiger partial charge in [0.15, 0.2) is 5.78 Å². The van der Waals surface area contributed by atoms with E-state index in [4.69, 9.17) is 0 Å². The van der Waals surface area contributed by atoms with E-state index < -0.39 is 0 Å². The van der Waals surface area contributed by atoms with Gasteiger partial charge in [0.2, 0.25) is 0 Å². The summed E-state index contributed by atoms with van der Waals surface area (Å²) in [6, 6.07) is 16.6. The number of hydrogen-bond acceptors (Lipinski definition) is 1. The highest BCUT2D eigenvalue weighted by Crippen LogP contribution is 2.32. The van der Waals surface area contributed by atoms with Crippen molar-refractivity contribution in [1.82, 2.24) is 0 Å². The molecule has 0 saturated heterocycles. The van der Waals surface area contributed by atoms with Gasteiger partial charge in [-0.15, -0.1) is 0 Å². The van der Waals surface area contributed by atoms with Gasteiger partial charge in [-0.05, 0) is 33.2 Å². The molecular formula is C17H10O. The standard InChI is InChI=1S/C17H10O/c18-16-10-7-12-6-8-14-13-4-2-1-3-11(13)5-9-15(14)17(12)16/h1-10H. The van der Waals surface area contributed by atoms with Gasteiger partial charge in [0.05, 0.1) is 0 Å². The summed E-state index contributed by atoms with van der Waals surface area (Å²) in [6.45, 7) is 0. The number of hydrogen-bond donors (Lipinski definition) is 0. The van der Waals surface area contributed by atoms with Gasteiger partial charge < -0.3 is 0 Å². The van der Waals surface area contributed by atoms with Gasteiger partial charge in [0, 0.05) is 5.56 Å². The summed E-state index contributed by atoms with van der Waals surface area (Å²) in [5.74, 6) is 0.117. The minimum atomic E-state index is 0.117. The molecule has 0 heterocycles. The first-order valence-electron chi connectivity index (χ1n) is 6.01. The maximum absolute atomic E-state index is 11.9. The van der Waals surface area contributed by atoms with Crippen LogP contribution in [0, 0.1) is 0 Å². The van der Waals surface area contributed by atoms with E-state index in [1.165, 1.54) is 10.8 Å². The van der Waals surface area contributed by atoms with Crippen LogP contribution in [0.15, 0.2) is 54.6 Å². The van der Waals surface area contributed by atoms with Crippen molar-refractivity contribution in [2.24, 2.45) is 0 Å². The lowest BCUT2D eigenvalue weighted by atomic mass is 9.95. The van der Waals surface area contributed by atoms with Crippen molar-refractivity contribution in [3.63, 3.8) is 0 Å². The van der Waals surface area contributed by atoms with Crippen molar-refractivity contribution in [3.8, 4) is 0 Å². The largest absolute Gasteiger partial charge is 0.289 e. The predicted molar refractivity (Wildman–Crippen MR) is 74.8 cm³/mol. The van der Waals surface area contributed by atoms with Crippen LogP contribution in [0.3, 0.4) is 0 Å². The minimum Gasteiger partial charge on any atom is -0.289 e. The van der Waals surface area contributed by atoms with Gasteiger partial charge in [-0.3, -0.25) is 4.79 Å². The Balaban J connectivity index is 2.24. The lowest BCUT2D eigenvalue weighted by Gasteiger charge is -2.07. The molecule has 3 aromatic rings. The van der Waals surface area contributed by atoms with E-state index in [-0.39, 0.29) is 5.78 Å². The zero-order valence-electron chi connectivity index (χ0n) is 9.68. The first-order chi connectivity index (χ1) is 8.84. The second kappa shape index (κ2) is 3.30. The Labute approximate surface area is 104 Å². The Morgan fingerprint density at radius 2 is 1.50 bits per heavy atom. The van der Waals surface area contributed by atoms with E-state index in [2.05, 4.69) is 30.3 Å². The smallest absolute Gasteiger partial charge is 0.187 e. The summed E-state index contributed by atoms with van der Waals surface area (Å²) in [4.78, 5) is 11.9. The molecule has 3 aromatic carbocycles. The number of carbonyl (C=O) groups is 1. The topological polar surface area (TPSA) is 17.1 Å². The molecule has 84 valence electrons. The summed E-state index contributed by atoms with van der Waals surface area (Å²) in [6.07, 6.45) is 3.55. The molecule has 0 spiro atoms. The molecule has 1 heteroatoms. The molecule has 4 rings (SSSR count). The molecule has 1 nitrogen and oxygen atoms in total. The van der Waals surface area contributed by atoms with Crippen LogP contribution in [0.5, 0.6) is 0 Å². The molecule has 0 saturated carbocycles. The first kappa shape index (κ1) is 9.60. The van der Waals surface area contributed by atoms with E-state index in [9.17, 15) is 4.79 Å².